The van der Waals surface area contributed by atoms with Crippen molar-refractivity contribution in [3.05, 3.63) is 28.2 Å². The van der Waals surface area contributed by atoms with E-state index in [1.54, 1.807) is 6.07 Å². The molecule has 0 unspecified atom stereocenters. The standard InChI is InChI=1S/C10H15BrN2O2S/c1-3-6-12-16(14,15)13-10-5-4-8(2)7-9(10)11/h4-5,7,12-13H,3,6H2,1-2H3. The maximum Gasteiger partial charge on any atom is 0.299 e. The lowest BCUT2D eigenvalue weighted by atomic mass is 10.2. The van der Waals surface area contributed by atoms with Crippen LogP contribution in [0.2, 0.25) is 0 Å². The second-order valence-electron chi connectivity index (χ2n) is 3.48. The highest BCUT2D eigenvalue weighted by Crippen LogP contribution is 2.23. The summed E-state index contributed by atoms with van der Waals surface area (Å²) in [5, 5.41) is 0. The number of halogens is 1. The fourth-order valence-electron chi connectivity index (χ4n) is 1.12. The van der Waals surface area contributed by atoms with Gasteiger partial charge in [0.25, 0.3) is 10.2 Å². The van der Waals surface area contributed by atoms with Gasteiger partial charge in [-0.1, -0.05) is 13.0 Å². The molecule has 0 fully saturated rings. The van der Waals surface area contributed by atoms with E-state index in [0.29, 0.717) is 12.2 Å². The van der Waals surface area contributed by atoms with Crippen LogP contribution in [-0.4, -0.2) is 15.0 Å². The molecule has 0 amide bonds. The molecule has 1 aromatic carbocycles. The molecule has 0 aromatic heterocycles. The molecule has 2 N–H and O–H groups in total. The first-order chi connectivity index (χ1) is 7.44. The molecular formula is C10H15BrN2O2S. The Balaban J connectivity index is 2.80. The van der Waals surface area contributed by atoms with Crippen molar-refractivity contribution in [2.75, 3.05) is 11.3 Å². The molecule has 0 saturated heterocycles. The Hall–Kier alpha value is -0.590. The van der Waals surface area contributed by atoms with Crippen LogP contribution in [0, 0.1) is 6.92 Å². The number of rotatable bonds is 5. The summed E-state index contributed by atoms with van der Waals surface area (Å²) >= 11 is 3.31. The van der Waals surface area contributed by atoms with Gasteiger partial charge in [-0.2, -0.15) is 13.1 Å². The summed E-state index contributed by atoms with van der Waals surface area (Å²) in [6, 6.07) is 5.44. The highest BCUT2D eigenvalue weighted by molar-refractivity contribution is 9.10. The van der Waals surface area contributed by atoms with Crippen molar-refractivity contribution < 1.29 is 8.42 Å². The molecule has 0 aliphatic carbocycles. The Labute approximate surface area is 105 Å². The number of aryl methyl sites for hydroxylation is 1. The average molecular weight is 307 g/mol. The minimum Gasteiger partial charge on any atom is -0.270 e. The molecule has 4 nitrogen and oxygen atoms in total. The second kappa shape index (κ2) is 5.65. The molecule has 1 rings (SSSR count). The molecule has 0 heterocycles. The fourth-order valence-corrected chi connectivity index (χ4v) is 2.86. The van der Waals surface area contributed by atoms with Gasteiger partial charge >= 0.3 is 0 Å². The maximum absolute atomic E-state index is 11.6. The predicted molar refractivity (Wildman–Crippen MR) is 69.7 cm³/mol. The number of hydrogen-bond donors (Lipinski definition) is 2. The summed E-state index contributed by atoms with van der Waals surface area (Å²) in [5.41, 5.74) is 1.60. The van der Waals surface area contributed by atoms with Gasteiger partial charge in [0.15, 0.2) is 0 Å². The molecular weight excluding hydrogens is 292 g/mol. The SMILES string of the molecule is CCCNS(=O)(=O)Nc1ccc(C)cc1Br. The summed E-state index contributed by atoms with van der Waals surface area (Å²) in [6.07, 6.45) is 0.760. The predicted octanol–water partition coefficient (Wildman–Crippen LogP) is 2.41. The van der Waals surface area contributed by atoms with E-state index in [2.05, 4.69) is 25.4 Å². The van der Waals surface area contributed by atoms with Crippen LogP contribution in [0.3, 0.4) is 0 Å². The largest absolute Gasteiger partial charge is 0.299 e. The Morgan fingerprint density at radius 1 is 1.38 bits per heavy atom. The molecule has 6 heteroatoms. The van der Waals surface area contributed by atoms with E-state index >= 15 is 0 Å². The summed E-state index contributed by atoms with van der Waals surface area (Å²) in [7, 11) is -3.46. The first-order valence-corrected chi connectivity index (χ1v) is 7.26. The van der Waals surface area contributed by atoms with Gasteiger partial charge in [0, 0.05) is 11.0 Å². The van der Waals surface area contributed by atoms with E-state index in [-0.39, 0.29) is 0 Å². The van der Waals surface area contributed by atoms with Gasteiger partial charge in [0.2, 0.25) is 0 Å². The number of hydrogen-bond acceptors (Lipinski definition) is 2. The molecule has 0 spiro atoms. The van der Waals surface area contributed by atoms with Crippen molar-refractivity contribution in [2.24, 2.45) is 0 Å². The van der Waals surface area contributed by atoms with Crippen molar-refractivity contribution in [3.63, 3.8) is 0 Å². The number of nitrogens with one attached hydrogen (secondary N) is 2. The lowest BCUT2D eigenvalue weighted by Gasteiger charge is -2.10. The highest BCUT2D eigenvalue weighted by Gasteiger charge is 2.10. The lowest BCUT2D eigenvalue weighted by Crippen LogP contribution is -2.30. The van der Waals surface area contributed by atoms with Gasteiger partial charge in [-0.3, -0.25) is 4.72 Å². The van der Waals surface area contributed by atoms with Gasteiger partial charge < -0.3 is 0 Å². The topological polar surface area (TPSA) is 58.2 Å². The van der Waals surface area contributed by atoms with Crippen LogP contribution >= 0.6 is 15.9 Å². The smallest absolute Gasteiger partial charge is 0.270 e. The molecule has 90 valence electrons. The molecule has 16 heavy (non-hydrogen) atoms. The minimum atomic E-state index is -3.46. The van der Waals surface area contributed by atoms with Crippen molar-refractivity contribution in [2.45, 2.75) is 20.3 Å². The van der Waals surface area contributed by atoms with Crippen LogP contribution in [0.4, 0.5) is 5.69 Å². The van der Waals surface area contributed by atoms with Gasteiger partial charge in [0.1, 0.15) is 0 Å². The van der Waals surface area contributed by atoms with Crippen molar-refractivity contribution >= 4 is 31.8 Å². The molecule has 0 aliphatic heterocycles. The third-order valence-corrected chi connectivity index (χ3v) is 3.64. The Kier molecular flexibility index (Phi) is 4.76. The first-order valence-electron chi connectivity index (χ1n) is 4.98. The lowest BCUT2D eigenvalue weighted by molar-refractivity contribution is 0.586. The summed E-state index contributed by atoms with van der Waals surface area (Å²) < 4.78 is 28.7. The van der Waals surface area contributed by atoms with Crippen LogP contribution in [0.1, 0.15) is 18.9 Å². The van der Waals surface area contributed by atoms with Crippen LogP contribution in [0.25, 0.3) is 0 Å². The molecule has 1 aromatic rings. The number of anilines is 1. The Morgan fingerprint density at radius 2 is 2.06 bits per heavy atom. The fraction of sp³-hybridized carbons (Fsp3) is 0.400. The van der Waals surface area contributed by atoms with Gasteiger partial charge in [0.05, 0.1) is 5.69 Å². The van der Waals surface area contributed by atoms with E-state index in [9.17, 15) is 8.42 Å². The quantitative estimate of drug-likeness (QED) is 0.877. The molecule has 0 radical (unpaired) electrons. The Morgan fingerprint density at radius 3 is 2.62 bits per heavy atom. The van der Waals surface area contributed by atoms with Crippen LogP contribution in [-0.2, 0) is 10.2 Å². The molecule has 0 atom stereocenters. The monoisotopic (exact) mass is 306 g/mol. The van der Waals surface area contributed by atoms with Gasteiger partial charge in [-0.05, 0) is 47.0 Å². The van der Waals surface area contributed by atoms with Crippen LogP contribution < -0.4 is 9.44 Å². The van der Waals surface area contributed by atoms with Crippen molar-refractivity contribution in [3.8, 4) is 0 Å². The van der Waals surface area contributed by atoms with Gasteiger partial charge in [-0.15, -0.1) is 0 Å². The van der Waals surface area contributed by atoms with Crippen molar-refractivity contribution in [1.82, 2.24) is 4.72 Å². The van der Waals surface area contributed by atoms with Crippen molar-refractivity contribution in [1.29, 1.82) is 0 Å². The molecule has 0 aliphatic rings. The second-order valence-corrected chi connectivity index (χ2v) is 5.84. The maximum atomic E-state index is 11.6. The first kappa shape index (κ1) is 13.5. The average Bonchev–Trinajstić information content (AvgIpc) is 2.19. The van der Waals surface area contributed by atoms with E-state index in [1.807, 2.05) is 26.0 Å². The van der Waals surface area contributed by atoms with E-state index < -0.39 is 10.2 Å². The zero-order valence-electron chi connectivity index (χ0n) is 9.25. The van der Waals surface area contributed by atoms with Gasteiger partial charge in [-0.25, -0.2) is 0 Å². The number of benzene rings is 1. The normalized spacial score (nSPS) is 11.4. The van der Waals surface area contributed by atoms with Crippen LogP contribution in [0.5, 0.6) is 0 Å². The third kappa shape index (κ3) is 4.11. The molecule has 0 bridgehead atoms. The molecule has 0 saturated carbocycles. The highest BCUT2D eigenvalue weighted by atomic mass is 79.9. The van der Waals surface area contributed by atoms with E-state index in [0.717, 1.165) is 16.5 Å². The Bertz CT molecular complexity index is 460. The zero-order chi connectivity index (χ0) is 12.2. The summed E-state index contributed by atoms with van der Waals surface area (Å²) in [6.45, 7) is 4.28. The summed E-state index contributed by atoms with van der Waals surface area (Å²) in [5.74, 6) is 0. The van der Waals surface area contributed by atoms with E-state index in [1.165, 1.54) is 0 Å². The minimum absolute atomic E-state index is 0.429. The van der Waals surface area contributed by atoms with Crippen LogP contribution in [0.15, 0.2) is 22.7 Å². The van der Waals surface area contributed by atoms with E-state index in [4.69, 9.17) is 0 Å². The third-order valence-electron chi connectivity index (χ3n) is 1.91. The summed E-state index contributed by atoms with van der Waals surface area (Å²) in [4.78, 5) is 0. The zero-order valence-corrected chi connectivity index (χ0v) is 11.7.